The normalized spacial score (nSPS) is 12.3. The van der Waals surface area contributed by atoms with Crippen LogP contribution in [0.25, 0.3) is 11.6 Å². The number of aryl methyl sites for hydroxylation is 1. The van der Waals surface area contributed by atoms with Crippen LogP contribution < -0.4 is 0 Å². The van der Waals surface area contributed by atoms with Gasteiger partial charge >= 0.3 is 5.97 Å². The number of rotatable bonds is 8. The van der Waals surface area contributed by atoms with E-state index >= 15 is 0 Å². The summed E-state index contributed by atoms with van der Waals surface area (Å²) in [5, 5.41) is 13.4. The number of hydrogen-bond donors (Lipinski definition) is 1. The van der Waals surface area contributed by atoms with Crippen molar-refractivity contribution in [2.24, 2.45) is 5.16 Å². The maximum absolute atomic E-state index is 11.4. The lowest BCUT2D eigenvalue weighted by molar-refractivity contribution is -0.130. The number of allylic oxidation sites excluding steroid dienone is 1. The first-order valence-electron chi connectivity index (χ1n) is 8.47. The molecule has 5 heteroatoms. The van der Waals surface area contributed by atoms with Crippen molar-refractivity contribution >= 4 is 23.3 Å². The molecule has 27 heavy (non-hydrogen) atoms. The largest absolute Gasteiger partial charge is 0.503 e. The van der Waals surface area contributed by atoms with Gasteiger partial charge in [-0.05, 0) is 31.1 Å². The Hall–Kier alpha value is -3.34. The van der Waals surface area contributed by atoms with E-state index in [2.05, 4.69) is 5.16 Å². The van der Waals surface area contributed by atoms with Gasteiger partial charge in [0.1, 0.15) is 12.2 Å². The first-order chi connectivity index (χ1) is 13.0. The summed E-state index contributed by atoms with van der Waals surface area (Å²) < 4.78 is 4.88. The second kappa shape index (κ2) is 9.97. The summed E-state index contributed by atoms with van der Waals surface area (Å²) in [6, 6.07) is 15.3. The Kier molecular flexibility index (Phi) is 7.37. The van der Waals surface area contributed by atoms with Gasteiger partial charge in [0, 0.05) is 5.56 Å². The molecule has 2 aromatic rings. The Morgan fingerprint density at radius 1 is 1.15 bits per heavy atom. The zero-order valence-corrected chi connectivity index (χ0v) is 15.7. The zero-order valence-electron chi connectivity index (χ0n) is 15.7. The summed E-state index contributed by atoms with van der Waals surface area (Å²) >= 11 is 0. The van der Waals surface area contributed by atoms with Gasteiger partial charge in [-0.25, -0.2) is 4.79 Å². The summed E-state index contributed by atoms with van der Waals surface area (Å²) in [6.07, 6.45) is 5.03. The van der Waals surface area contributed by atoms with Gasteiger partial charge in [-0.1, -0.05) is 65.3 Å². The molecule has 0 heterocycles. The topological polar surface area (TPSA) is 68.1 Å². The highest BCUT2D eigenvalue weighted by molar-refractivity contribution is 6.15. The van der Waals surface area contributed by atoms with Gasteiger partial charge in [-0.3, -0.25) is 0 Å². The second-order valence-corrected chi connectivity index (χ2v) is 5.98. The van der Waals surface area contributed by atoms with Gasteiger partial charge in [-0.15, -0.1) is 0 Å². The molecule has 0 unspecified atom stereocenters. The summed E-state index contributed by atoms with van der Waals surface area (Å²) in [5.74, 6) is -1.06. The molecule has 0 aromatic heterocycles. The van der Waals surface area contributed by atoms with E-state index in [0.717, 1.165) is 5.56 Å². The number of hydrogen-bond acceptors (Lipinski definition) is 4. The molecule has 0 spiro atoms. The molecule has 0 atom stereocenters. The highest BCUT2D eigenvalue weighted by atomic mass is 16.6. The van der Waals surface area contributed by atoms with Crippen molar-refractivity contribution in [2.75, 3.05) is 7.11 Å². The van der Waals surface area contributed by atoms with Crippen molar-refractivity contribution in [2.45, 2.75) is 20.5 Å². The maximum atomic E-state index is 11.4. The molecule has 0 amide bonds. The third-order valence-electron chi connectivity index (χ3n) is 3.80. The predicted octanol–water partition coefficient (Wildman–Crippen LogP) is 4.67. The van der Waals surface area contributed by atoms with Crippen molar-refractivity contribution in [1.82, 2.24) is 0 Å². The van der Waals surface area contributed by atoms with Crippen LogP contribution in [0.2, 0.25) is 0 Å². The Balaban J connectivity index is 2.06. The first-order valence-corrected chi connectivity index (χ1v) is 8.47. The number of carboxylic acids is 1. The molecule has 0 bridgehead atoms. The average molecular weight is 365 g/mol. The average Bonchev–Trinajstić information content (AvgIpc) is 2.66. The highest BCUT2D eigenvalue weighted by Gasteiger charge is 2.15. The monoisotopic (exact) mass is 365 g/mol. The van der Waals surface area contributed by atoms with Gasteiger partial charge in [-0.2, -0.15) is 0 Å². The third kappa shape index (κ3) is 6.15. The molecule has 140 valence electrons. The lowest BCUT2D eigenvalue weighted by Crippen LogP contribution is -2.04. The molecule has 1 N–H and O–H groups in total. The lowest BCUT2D eigenvalue weighted by Gasteiger charge is -2.09. The van der Waals surface area contributed by atoms with Crippen LogP contribution in [0, 0.1) is 6.92 Å². The molecule has 0 aliphatic rings. The van der Waals surface area contributed by atoms with E-state index in [9.17, 15) is 9.90 Å². The minimum atomic E-state index is -1.06. The van der Waals surface area contributed by atoms with Crippen molar-refractivity contribution in [3.63, 3.8) is 0 Å². The van der Waals surface area contributed by atoms with Crippen LogP contribution in [-0.4, -0.2) is 23.9 Å². The van der Waals surface area contributed by atoms with Gasteiger partial charge in [0.05, 0.1) is 19.1 Å². The summed E-state index contributed by atoms with van der Waals surface area (Å²) in [4.78, 5) is 16.9. The van der Waals surface area contributed by atoms with E-state index in [4.69, 9.17) is 9.57 Å². The van der Waals surface area contributed by atoms with Crippen LogP contribution in [0.1, 0.15) is 29.2 Å². The minimum Gasteiger partial charge on any atom is -0.503 e. The first kappa shape index (κ1) is 20.0. The lowest BCUT2D eigenvalue weighted by atomic mass is 10.0. The Morgan fingerprint density at radius 3 is 2.52 bits per heavy atom. The van der Waals surface area contributed by atoms with Crippen LogP contribution in [0.5, 0.6) is 0 Å². The number of ether oxygens (including phenoxy) is 1. The molecule has 5 nitrogen and oxygen atoms in total. The second-order valence-electron chi connectivity index (χ2n) is 5.98. The number of aliphatic carboxylic acids is 1. The smallest absolute Gasteiger partial charge is 0.339 e. The van der Waals surface area contributed by atoms with Gasteiger partial charge < -0.3 is 14.7 Å². The summed E-state index contributed by atoms with van der Waals surface area (Å²) in [6.45, 7) is 4.04. The zero-order chi connectivity index (χ0) is 19.6. The van der Waals surface area contributed by atoms with Gasteiger partial charge in [0.15, 0.2) is 0 Å². The number of benzene rings is 2. The minimum absolute atomic E-state index is 0.0664. The fourth-order valence-corrected chi connectivity index (χ4v) is 2.38. The molecular weight excluding hydrogens is 342 g/mol. The molecule has 0 radical (unpaired) electrons. The molecule has 0 fully saturated rings. The summed E-state index contributed by atoms with van der Waals surface area (Å²) in [7, 11) is 1.41. The van der Waals surface area contributed by atoms with Crippen LogP contribution in [0.15, 0.2) is 66.0 Å². The number of nitrogens with zero attached hydrogens (tertiary/aromatic N) is 1. The third-order valence-corrected chi connectivity index (χ3v) is 3.80. The molecule has 2 rings (SSSR count). The molecule has 2 aromatic carbocycles. The maximum Gasteiger partial charge on any atom is 0.339 e. The van der Waals surface area contributed by atoms with Crippen LogP contribution in [0.4, 0.5) is 0 Å². The van der Waals surface area contributed by atoms with E-state index in [-0.39, 0.29) is 12.2 Å². The van der Waals surface area contributed by atoms with Crippen molar-refractivity contribution in [3.8, 4) is 0 Å². The molecular formula is C22H23NO4. The van der Waals surface area contributed by atoms with Gasteiger partial charge in [0.25, 0.3) is 0 Å². The molecule has 0 aliphatic carbocycles. The number of methoxy groups -OCH3 is 1. The van der Waals surface area contributed by atoms with E-state index in [1.807, 2.05) is 56.3 Å². The fraction of sp³-hybridized carbons (Fsp3) is 0.182. The summed E-state index contributed by atoms with van der Waals surface area (Å²) in [5.41, 5.74) is 4.31. The van der Waals surface area contributed by atoms with E-state index in [0.29, 0.717) is 16.8 Å². The quantitative estimate of drug-likeness (QED) is 0.319. The number of oxime groups is 1. The van der Waals surface area contributed by atoms with Gasteiger partial charge in [0.2, 0.25) is 0 Å². The predicted molar refractivity (Wildman–Crippen MR) is 107 cm³/mol. The highest BCUT2D eigenvalue weighted by Crippen LogP contribution is 2.20. The molecule has 0 saturated heterocycles. The van der Waals surface area contributed by atoms with Crippen molar-refractivity contribution in [3.05, 3.63) is 83.1 Å². The molecule has 0 saturated carbocycles. The van der Waals surface area contributed by atoms with Crippen molar-refractivity contribution in [1.29, 1.82) is 0 Å². The van der Waals surface area contributed by atoms with E-state index < -0.39 is 5.97 Å². The SMILES string of the molecule is COC=C(C(=O)O)c1ccccc1CON=C(C)C=Cc1ccc(C)cc1. The fourth-order valence-electron chi connectivity index (χ4n) is 2.38. The van der Waals surface area contributed by atoms with Crippen LogP contribution in [0.3, 0.4) is 0 Å². The standard InChI is InChI=1S/C22H23NO4/c1-16-8-11-18(12-9-16)13-10-17(2)23-27-14-19-6-4-5-7-20(19)21(15-26-3)22(24)25/h4-13,15H,14H2,1-3H3,(H,24,25). The molecule has 0 aliphatic heterocycles. The Morgan fingerprint density at radius 2 is 1.85 bits per heavy atom. The Bertz CT molecular complexity index is 864. The Labute approximate surface area is 159 Å². The van der Waals surface area contributed by atoms with Crippen molar-refractivity contribution < 1.29 is 19.5 Å². The van der Waals surface area contributed by atoms with E-state index in [1.54, 1.807) is 18.2 Å². The van der Waals surface area contributed by atoms with Crippen LogP contribution in [-0.2, 0) is 21.0 Å². The van der Waals surface area contributed by atoms with E-state index in [1.165, 1.54) is 18.9 Å². The number of carboxylic acid groups (broad SMARTS) is 1. The number of carbonyl (C=O) groups is 1. The van der Waals surface area contributed by atoms with Crippen LogP contribution >= 0.6 is 0 Å².